The summed E-state index contributed by atoms with van der Waals surface area (Å²) in [4.78, 5) is 11.4. The number of carbonyl (C=O) groups excluding carboxylic acids is 1. The Hall–Kier alpha value is -1.60. The van der Waals surface area contributed by atoms with E-state index in [1.165, 1.54) is 0 Å². The van der Waals surface area contributed by atoms with Gasteiger partial charge in [-0.15, -0.1) is 0 Å². The van der Waals surface area contributed by atoms with Crippen molar-refractivity contribution in [2.45, 2.75) is 33.6 Å². The summed E-state index contributed by atoms with van der Waals surface area (Å²) in [5.41, 5.74) is 2.11. The number of benzene rings is 1. The van der Waals surface area contributed by atoms with Crippen LogP contribution in [0.25, 0.3) is 0 Å². The Morgan fingerprint density at radius 2 is 1.96 bits per heavy atom. The summed E-state index contributed by atoms with van der Waals surface area (Å²) in [6.07, 6.45) is 2.01. The van der Waals surface area contributed by atoms with Gasteiger partial charge in [-0.3, -0.25) is 8.98 Å². The van der Waals surface area contributed by atoms with Crippen LogP contribution >= 0.6 is 0 Å². The van der Waals surface area contributed by atoms with E-state index in [1.54, 1.807) is 6.92 Å². The van der Waals surface area contributed by atoms with Crippen molar-refractivity contribution < 1.29 is 26.9 Å². The molecule has 1 unspecified atom stereocenters. The summed E-state index contributed by atoms with van der Waals surface area (Å²) in [6.45, 7) is 6.45. The normalized spacial score (nSPS) is 12.7. The number of rotatable bonds is 10. The molecule has 136 valence electrons. The van der Waals surface area contributed by atoms with Crippen LogP contribution in [0.2, 0.25) is 0 Å². The average Bonchev–Trinajstić information content (AvgIpc) is 2.49. The van der Waals surface area contributed by atoms with E-state index in [-0.39, 0.29) is 18.5 Å². The second-order valence-corrected chi connectivity index (χ2v) is 7.44. The van der Waals surface area contributed by atoms with E-state index in [9.17, 15) is 13.2 Å². The smallest absolute Gasteiger partial charge is 0.306 e. The van der Waals surface area contributed by atoms with Crippen molar-refractivity contribution in [3.8, 4) is 5.75 Å². The molecule has 0 aliphatic rings. The molecule has 0 radical (unpaired) electrons. The third-order valence-electron chi connectivity index (χ3n) is 3.32. The van der Waals surface area contributed by atoms with E-state index < -0.39 is 10.1 Å². The van der Waals surface area contributed by atoms with Gasteiger partial charge in [0.05, 0.1) is 26.1 Å². The minimum absolute atomic E-state index is 0.0523. The van der Waals surface area contributed by atoms with E-state index in [0.29, 0.717) is 31.8 Å². The van der Waals surface area contributed by atoms with E-state index >= 15 is 0 Å². The van der Waals surface area contributed by atoms with Gasteiger partial charge in [0.25, 0.3) is 10.1 Å². The van der Waals surface area contributed by atoms with Gasteiger partial charge < -0.3 is 9.47 Å². The molecule has 0 bridgehead atoms. The predicted octanol–water partition coefficient (Wildman–Crippen LogP) is 2.48. The monoisotopic (exact) mass is 358 g/mol. The number of hydrogen-bond donors (Lipinski definition) is 0. The highest BCUT2D eigenvalue weighted by Crippen LogP contribution is 2.19. The van der Waals surface area contributed by atoms with Crippen LogP contribution in [0.15, 0.2) is 18.2 Å². The fourth-order valence-electron chi connectivity index (χ4n) is 2.03. The first-order valence-corrected chi connectivity index (χ1v) is 9.75. The molecule has 1 aromatic rings. The number of ether oxygens (including phenoxy) is 2. The Balaban J connectivity index is 2.48. The van der Waals surface area contributed by atoms with Crippen LogP contribution in [0.1, 0.15) is 31.4 Å². The molecule has 0 aromatic heterocycles. The Kier molecular flexibility index (Phi) is 8.21. The first-order valence-electron chi connectivity index (χ1n) is 7.93. The molecule has 0 saturated carbocycles. The van der Waals surface area contributed by atoms with Crippen molar-refractivity contribution in [3.05, 3.63) is 29.3 Å². The van der Waals surface area contributed by atoms with Crippen molar-refractivity contribution in [2.24, 2.45) is 5.92 Å². The summed E-state index contributed by atoms with van der Waals surface area (Å²) < 4.78 is 37.2. The molecule has 0 saturated heterocycles. The average molecular weight is 358 g/mol. The minimum atomic E-state index is -3.43. The molecule has 1 rings (SSSR count). The summed E-state index contributed by atoms with van der Waals surface area (Å²) in [6, 6.07) is 5.68. The van der Waals surface area contributed by atoms with Crippen LogP contribution in [-0.2, 0) is 30.3 Å². The first kappa shape index (κ1) is 20.4. The van der Waals surface area contributed by atoms with Gasteiger partial charge in [-0.2, -0.15) is 8.42 Å². The zero-order valence-corrected chi connectivity index (χ0v) is 15.5. The lowest BCUT2D eigenvalue weighted by atomic mass is 10.0. The Morgan fingerprint density at radius 1 is 1.25 bits per heavy atom. The van der Waals surface area contributed by atoms with Crippen LogP contribution in [0.5, 0.6) is 5.75 Å². The van der Waals surface area contributed by atoms with E-state index in [0.717, 1.165) is 17.4 Å². The molecule has 24 heavy (non-hydrogen) atoms. The van der Waals surface area contributed by atoms with Crippen molar-refractivity contribution >= 4 is 16.1 Å². The lowest BCUT2D eigenvalue weighted by Gasteiger charge is -2.14. The summed E-state index contributed by atoms with van der Waals surface area (Å²) >= 11 is 0. The zero-order valence-electron chi connectivity index (χ0n) is 14.7. The van der Waals surface area contributed by atoms with Crippen molar-refractivity contribution in [1.82, 2.24) is 0 Å². The number of esters is 1. The summed E-state index contributed by atoms with van der Waals surface area (Å²) in [5, 5.41) is 0. The molecule has 1 aromatic carbocycles. The topological polar surface area (TPSA) is 78.9 Å². The highest BCUT2D eigenvalue weighted by Gasteiger charge is 2.10. The highest BCUT2D eigenvalue weighted by atomic mass is 32.2. The third kappa shape index (κ3) is 8.31. The standard InChI is InChI=1S/C17H26O6S/c1-5-21-17(18)9-7-15-6-8-16(10-14(15)3)22-11-13(2)12-23-24(4,19)20/h6,8,10,13H,5,7,9,11-12H2,1-4H3. The Labute approximate surface area is 144 Å². The van der Waals surface area contributed by atoms with Gasteiger partial charge in [-0.05, 0) is 43.5 Å². The summed E-state index contributed by atoms with van der Waals surface area (Å²) in [5.74, 6) is 0.457. The quantitative estimate of drug-likeness (QED) is 0.472. The SMILES string of the molecule is CCOC(=O)CCc1ccc(OCC(C)COS(C)(=O)=O)cc1C. The molecule has 0 aliphatic heterocycles. The minimum Gasteiger partial charge on any atom is -0.493 e. The van der Waals surface area contributed by atoms with E-state index in [4.69, 9.17) is 13.7 Å². The van der Waals surface area contributed by atoms with Crippen LogP contribution in [0.3, 0.4) is 0 Å². The lowest BCUT2D eigenvalue weighted by Crippen LogP contribution is -2.17. The molecule has 0 spiro atoms. The molecular weight excluding hydrogens is 332 g/mol. The van der Waals surface area contributed by atoms with Crippen molar-refractivity contribution in [3.63, 3.8) is 0 Å². The maximum absolute atomic E-state index is 11.4. The molecular formula is C17H26O6S. The summed E-state index contributed by atoms with van der Waals surface area (Å²) in [7, 11) is -3.43. The van der Waals surface area contributed by atoms with Crippen LogP contribution in [-0.4, -0.2) is 40.5 Å². The molecule has 0 amide bonds. The molecule has 7 heteroatoms. The van der Waals surface area contributed by atoms with Crippen LogP contribution in [0, 0.1) is 12.8 Å². The van der Waals surface area contributed by atoms with Gasteiger partial charge in [0.15, 0.2) is 0 Å². The van der Waals surface area contributed by atoms with Crippen LogP contribution < -0.4 is 4.74 Å². The molecule has 6 nitrogen and oxygen atoms in total. The largest absolute Gasteiger partial charge is 0.493 e. The highest BCUT2D eigenvalue weighted by molar-refractivity contribution is 7.85. The zero-order chi connectivity index (χ0) is 18.2. The van der Waals surface area contributed by atoms with Crippen molar-refractivity contribution in [1.29, 1.82) is 0 Å². The molecule has 0 fully saturated rings. The van der Waals surface area contributed by atoms with E-state index in [2.05, 4.69) is 0 Å². The molecule has 0 heterocycles. The van der Waals surface area contributed by atoms with E-state index in [1.807, 2.05) is 32.0 Å². The molecule has 0 aliphatic carbocycles. The maximum atomic E-state index is 11.4. The number of carbonyl (C=O) groups is 1. The van der Waals surface area contributed by atoms with Gasteiger partial charge in [0.1, 0.15) is 5.75 Å². The van der Waals surface area contributed by atoms with Gasteiger partial charge in [-0.1, -0.05) is 13.0 Å². The Bertz CT molecular complexity index is 638. The number of aryl methyl sites for hydroxylation is 2. The molecule has 0 N–H and O–H groups in total. The van der Waals surface area contributed by atoms with Crippen LogP contribution in [0.4, 0.5) is 0 Å². The molecule has 1 atom stereocenters. The van der Waals surface area contributed by atoms with Gasteiger partial charge >= 0.3 is 5.97 Å². The second-order valence-electron chi connectivity index (χ2n) is 5.80. The van der Waals surface area contributed by atoms with Gasteiger partial charge in [0, 0.05) is 12.3 Å². The predicted molar refractivity (Wildman–Crippen MR) is 91.6 cm³/mol. The van der Waals surface area contributed by atoms with Gasteiger partial charge in [0.2, 0.25) is 0 Å². The first-order chi connectivity index (χ1) is 11.2. The second kappa shape index (κ2) is 9.64. The van der Waals surface area contributed by atoms with Crippen molar-refractivity contribution in [2.75, 3.05) is 26.1 Å². The third-order valence-corrected chi connectivity index (χ3v) is 3.88. The lowest BCUT2D eigenvalue weighted by molar-refractivity contribution is -0.143. The van der Waals surface area contributed by atoms with Gasteiger partial charge in [-0.25, -0.2) is 0 Å². The fraction of sp³-hybridized carbons (Fsp3) is 0.588. The Morgan fingerprint density at radius 3 is 2.54 bits per heavy atom. The fourth-order valence-corrected chi connectivity index (χ4v) is 2.51. The maximum Gasteiger partial charge on any atom is 0.306 e. The number of hydrogen-bond acceptors (Lipinski definition) is 6.